The summed E-state index contributed by atoms with van der Waals surface area (Å²) in [5.74, 6) is -0.360. The second-order valence-electron chi connectivity index (χ2n) is 1.14. The molecule has 0 aliphatic rings. The number of hydrogen-bond acceptors (Lipinski definition) is 2. The summed E-state index contributed by atoms with van der Waals surface area (Å²) in [6.45, 7) is 0. The van der Waals surface area contributed by atoms with Crippen molar-refractivity contribution in [1.29, 1.82) is 0 Å². The van der Waals surface area contributed by atoms with Crippen LogP contribution < -0.4 is 0 Å². The minimum atomic E-state index is -0.486. The Labute approximate surface area is 66.7 Å². The molecule has 0 rings (SSSR count). The van der Waals surface area contributed by atoms with Crippen LogP contribution >= 0.6 is 34.2 Å². The van der Waals surface area contributed by atoms with Crippen molar-refractivity contribution in [3.8, 4) is 0 Å². The Morgan fingerprint density at radius 3 is 2.62 bits per heavy atom. The van der Waals surface area contributed by atoms with E-state index in [-0.39, 0.29) is 5.97 Å². The normalized spacial score (nSPS) is 12.9. The Hall–Kier alpha value is 0.490. The van der Waals surface area contributed by atoms with Crippen LogP contribution in [0.25, 0.3) is 0 Å². The number of alkyl halides is 2. The van der Waals surface area contributed by atoms with E-state index in [0.29, 0.717) is 4.43 Å². The van der Waals surface area contributed by atoms with Crippen molar-refractivity contribution >= 4 is 40.2 Å². The van der Waals surface area contributed by atoms with E-state index in [4.69, 9.17) is 11.6 Å². The summed E-state index contributed by atoms with van der Waals surface area (Å²) in [4.78, 5) is 10.4. The zero-order chi connectivity index (χ0) is 6.57. The molecular weight excluding hydrogens is 242 g/mol. The molecule has 0 N–H and O–H groups in total. The maximum Gasteiger partial charge on any atom is 0.324 e. The summed E-state index contributed by atoms with van der Waals surface area (Å²) in [7, 11) is 1.32. The lowest BCUT2D eigenvalue weighted by Gasteiger charge is -1.99. The van der Waals surface area contributed by atoms with Gasteiger partial charge < -0.3 is 4.74 Å². The highest BCUT2D eigenvalue weighted by Crippen LogP contribution is 2.01. The molecule has 1 unspecified atom stereocenters. The van der Waals surface area contributed by atoms with E-state index < -0.39 is 5.38 Å². The number of methoxy groups -OCH3 is 1. The van der Waals surface area contributed by atoms with Crippen LogP contribution in [0.5, 0.6) is 0 Å². The van der Waals surface area contributed by atoms with E-state index in [1.807, 2.05) is 22.6 Å². The third-order valence-electron chi connectivity index (χ3n) is 0.592. The van der Waals surface area contributed by atoms with Crippen molar-refractivity contribution in [3.05, 3.63) is 0 Å². The monoisotopic (exact) mass is 248 g/mol. The fourth-order valence-electron chi connectivity index (χ4n) is 0.191. The van der Waals surface area contributed by atoms with Crippen molar-refractivity contribution in [1.82, 2.24) is 0 Å². The molecule has 0 saturated heterocycles. The Balaban J connectivity index is 3.46. The summed E-state index contributed by atoms with van der Waals surface area (Å²) < 4.78 is 4.92. The van der Waals surface area contributed by atoms with Gasteiger partial charge in [0.15, 0.2) is 0 Å². The molecule has 48 valence electrons. The highest BCUT2D eigenvalue weighted by molar-refractivity contribution is 14.1. The minimum Gasteiger partial charge on any atom is -0.468 e. The van der Waals surface area contributed by atoms with Gasteiger partial charge in [0.05, 0.1) is 7.11 Å². The number of carbonyl (C=O) groups excluding carboxylic acids is 1. The zero-order valence-corrected chi connectivity index (χ0v) is 7.27. The number of esters is 1. The number of hydrogen-bond donors (Lipinski definition) is 0. The molecule has 0 aliphatic heterocycles. The topological polar surface area (TPSA) is 26.3 Å². The predicted octanol–water partition coefficient (Wildman–Crippen LogP) is 1.20. The van der Waals surface area contributed by atoms with Gasteiger partial charge in [-0.25, -0.2) is 0 Å². The van der Waals surface area contributed by atoms with Gasteiger partial charge in [-0.15, -0.1) is 11.6 Å². The fourth-order valence-corrected chi connectivity index (χ4v) is 0.640. The first-order chi connectivity index (χ1) is 3.72. The average Bonchev–Trinajstić information content (AvgIpc) is 1.84. The molecule has 0 spiro atoms. The molecule has 2 nitrogen and oxygen atoms in total. The van der Waals surface area contributed by atoms with Gasteiger partial charge in [-0.05, 0) is 0 Å². The molecule has 0 aliphatic carbocycles. The number of halogens is 2. The average molecular weight is 248 g/mol. The molecule has 0 saturated carbocycles. The standard InChI is InChI=1S/C4H6ClIO2/c1-8-4(7)3(5)2-6/h3H,2H2,1H3. The molecule has 8 heavy (non-hydrogen) atoms. The first-order valence-corrected chi connectivity index (χ1v) is 3.96. The van der Waals surface area contributed by atoms with Gasteiger partial charge in [-0.1, -0.05) is 22.6 Å². The van der Waals surface area contributed by atoms with Gasteiger partial charge >= 0.3 is 5.97 Å². The van der Waals surface area contributed by atoms with Crippen molar-refractivity contribution in [2.75, 3.05) is 11.5 Å². The molecule has 0 aromatic heterocycles. The molecule has 4 heteroatoms. The minimum absolute atomic E-state index is 0.360. The SMILES string of the molecule is COC(=O)C(Cl)CI. The van der Waals surface area contributed by atoms with Crippen LogP contribution in [0.15, 0.2) is 0 Å². The first kappa shape index (κ1) is 8.49. The number of carbonyl (C=O) groups is 1. The zero-order valence-electron chi connectivity index (χ0n) is 4.36. The highest BCUT2D eigenvalue weighted by Gasteiger charge is 2.12. The van der Waals surface area contributed by atoms with Crippen molar-refractivity contribution in [2.24, 2.45) is 0 Å². The van der Waals surface area contributed by atoms with E-state index in [1.165, 1.54) is 7.11 Å². The summed E-state index contributed by atoms with van der Waals surface area (Å²) in [5.41, 5.74) is 0. The van der Waals surface area contributed by atoms with Crippen molar-refractivity contribution < 1.29 is 9.53 Å². The summed E-state index contributed by atoms with van der Waals surface area (Å²) in [6, 6.07) is 0. The van der Waals surface area contributed by atoms with Crippen LogP contribution in [-0.4, -0.2) is 22.9 Å². The molecule has 0 fully saturated rings. The quantitative estimate of drug-likeness (QED) is 0.417. The van der Waals surface area contributed by atoms with Crippen molar-refractivity contribution in [3.63, 3.8) is 0 Å². The molecule has 0 bridgehead atoms. The molecule has 0 amide bonds. The molecule has 0 aromatic rings. The van der Waals surface area contributed by atoms with E-state index >= 15 is 0 Å². The van der Waals surface area contributed by atoms with Crippen LogP contribution in [0.3, 0.4) is 0 Å². The van der Waals surface area contributed by atoms with Crippen LogP contribution in [0, 0.1) is 0 Å². The molecule has 0 radical (unpaired) electrons. The Morgan fingerprint density at radius 2 is 2.50 bits per heavy atom. The van der Waals surface area contributed by atoms with Gasteiger partial charge in [0.1, 0.15) is 5.38 Å². The Kier molecular flexibility index (Phi) is 4.64. The van der Waals surface area contributed by atoms with Crippen LogP contribution in [0.4, 0.5) is 0 Å². The molecule has 0 aromatic carbocycles. The van der Waals surface area contributed by atoms with Crippen molar-refractivity contribution in [2.45, 2.75) is 5.38 Å². The maximum absolute atomic E-state index is 10.4. The maximum atomic E-state index is 10.4. The Morgan fingerprint density at radius 1 is 2.00 bits per heavy atom. The third kappa shape index (κ3) is 2.71. The van der Waals surface area contributed by atoms with Gasteiger partial charge in [0, 0.05) is 4.43 Å². The number of ether oxygens (including phenoxy) is 1. The molecular formula is C4H6ClIO2. The number of rotatable bonds is 2. The van der Waals surface area contributed by atoms with E-state index in [1.54, 1.807) is 0 Å². The van der Waals surface area contributed by atoms with Crippen LogP contribution in [0.1, 0.15) is 0 Å². The van der Waals surface area contributed by atoms with Crippen LogP contribution in [-0.2, 0) is 9.53 Å². The second kappa shape index (κ2) is 4.38. The summed E-state index contributed by atoms with van der Waals surface area (Å²) >= 11 is 7.45. The van der Waals surface area contributed by atoms with E-state index in [0.717, 1.165) is 0 Å². The Bertz CT molecular complexity index is 86.1. The van der Waals surface area contributed by atoms with Gasteiger partial charge in [0.2, 0.25) is 0 Å². The summed E-state index contributed by atoms with van der Waals surface area (Å²) in [5, 5.41) is -0.486. The van der Waals surface area contributed by atoms with Gasteiger partial charge in [-0.2, -0.15) is 0 Å². The summed E-state index contributed by atoms with van der Waals surface area (Å²) in [6.07, 6.45) is 0. The van der Waals surface area contributed by atoms with Crippen LogP contribution in [0.2, 0.25) is 0 Å². The van der Waals surface area contributed by atoms with Gasteiger partial charge in [-0.3, -0.25) is 4.79 Å². The predicted molar refractivity (Wildman–Crippen MR) is 40.5 cm³/mol. The lowest BCUT2D eigenvalue weighted by molar-refractivity contribution is -0.139. The molecule has 1 atom stereocenters. The fraction of sp³-hybridized carbons (Fsp3) is 0.750. The molecule has 0 heterocycles. The van der Waals surface area contributed by atoms with Gasteiger partial charge in [0.25, 0.3) is 0 Å². The van der Waals surface area contributed by atoms with E-state index in [2.05, 4.69) is 4.74 Å². The smallest absolute Gasteiger partial charge is 0.324 e. The highest BCUT2D eigenvalue weighted by atomic mass is 127. The third-order valence-corrected chi connectivity index (χ3v) is 2.33. The van der Waals surface area contributed by atoms with E-state index in [9.17, 15) is 4.79 Å². The second-order valence-corrected chi connectivity index (χ2v) is 2.55. The largest absolute Gasteiger partial charge is 0.468 e. The lowest BCUT2D eigenvalue weighted by atomic mass is 10.5. The lowest BCUT2D eigenvalue weighted by Crippen LogP contribution is -2.16. The first-order valence-electron chi connectivity index (χ1n) is 2.00.